The summed E-state index contributed by atoms with van der Waals surface area (Å²) >= 11 is 0. The molecule has 2 saturated heterocycles. The van der Waals surface area contributed by atoms with E-state index < -0.39 is 66.3 Å². The first-order valence-electron chi connectivity index (χ1n) is 21.4. The molecule has 2 fully saturated rings. The van der Waals surface area contributed by atoms with Crippen LogP contribution < -0.4 is 20.7 Å². The van der Waals surface area contributed by atoms with Crippen molar-refractivity contribution < 1.29 is 72.8 Å². The zero-order valence-electron chi connectivity index (χ0n) is 37.4. The molecule has 3 rings (SSSR count). The fourth-order valence-electron chi connectivity index (χ4n) is 6.48. The number of amides is 4. The quantitative estimate of drug-likeness (QED) is 0.0602. The number of carbonyl (C=O) groups is 5. The summed E-state index contributed by atoms with van der Waals surface area (Å²) in [4.78, 5) is 64.9. The molecule has 1 aromatic carbocycles. The Hall–Kier alpha value is -3.95. The molecule has 0 aromatic heterocycles. The van der Waals surface area contributed by atoms with E-state index in [1.54, 1.807) is 31.1 Å². The minimum atomic E-state index is -1.67. The van der Waals surface area contributed by atoms with Crippen LogP contribution in [-0.2, 0) is 60.8 Å². The first kappa shape index (κ1) is 52.4. The molecule has 2 aliphatic heterocycles. The van der Waals surface area contributed by atoms with Crippen molar-refractivity contribution >= 4 is 29.6 Å². The van der Waals surface area contributed by atoms with Crippen molar-refractivity contribution in [3.05, 3.63) is 29.3 Å². The molecule has 0 saturated carbocycles. The van der Waals surface area contributed by atoms with Gasteiger partial charge in [0.2, 0.25) is 29.9 Å². The monoisotopic (exact) mass is 882 g/mol. The summed E-state index contributed by atoms with van der Waals surface area (Å²) in [7, 11) is 1.66. The molecule has 2 heterocycles. The van der Waals surface area contributed by atoms with Crippen LogP contribution >= 0.6 is 0 Å². The van der Waals surface area contributed by atoms with Crippen molar-refractivity contribution in [2.24, 2.45) is 0 Å². The molecule has 62 heavy (non-hydrogen) atoms. The molecule has 0 spiro atoms. The average Bonchev–Trinajstić information content (AvgIpc) is 3.23. The van der Waals surface area contributed by atoms with Gasteiger partial charge in [-0.15, -0.1) is 0 Å². The number of ether oxygens (including phenoxy) is 6. The van der Waals surface area contributed by atoms with E-state index in [0.29, 0.717) is 37.0 Å². The van der Waals surface area contributed by atoms with E-state index in [-0.39, 0.29) is 88.4 Å². The number of carbonyl (C=O) groups excluding carboxylic acids is 5. The van der Waals surface area contributed by atoms with Gasteiger partial charge in [0, 0.05) is 51.4 Å². The number of likely N-dealkylation sites (tertiary alicyclic amines) is 1. The summed E-state index contributed by atoms with van der Waals surface area (Å²) in [5, 5.41) is 48.7. The zero-order chi connectivity index (χ0) is 46.1. The van der Waals surface area contributed by atoms with Gasteiger partial charge in [-0.1, -0.05) is 26.3 Å². The van der Waals surface area contributed by atoms with Crippen molar-refractivity contribution in [2.75, 3.05) is 53.1 Å². The Morgan fingerprint density at radius 2 is 1.60 bits per heavy atom. The van der Waals surface area contributed by atoms with Crippen LogP contribution in [0.5, 0.6) is 5.75 Å². The van der Waals surface area contributed by atoms with Crippen LogP contribution in [0.4, 0.5) is 0 Å². The Kier molecular flexibility index (Phi) is 20.9. The van der Waals surface area contributed by atoms with Crippen molar-refractivity contribution in [1.29, 1.82) is 0 Å². The van der Waals surface area contributed by atoms with Crippen molar-refractivity contribution in [2.45, 2.75) is 154 Å². The highest BCUT2D eigenvalue weighted by molar-refractivity contribution is 5.80. The second-order valence-corrected chi connectivity index (χ2v) is 17.1. The number of nitrogens with one attached hydrogen (secondary N) is 3. The molecular formula is C43H70N4O15. The maximum absolute atomic E-state index is 13.2. The van der Waals surface area contributed by atoms with Crippen LogP contribution in [0.3, 0.4) is 0 Å². The second-order valence-electron chi connectivity index (χ2n) is 17.1. The Morgan fingerprint density at radius 1 is 0.887 bits per heavy atom. The van der Waals surface area contributed by atoms with Crippen LogP contribution in [0, 0.1) is 0 Å². The van der Waals surface area contributed by atoms with Crippen molar-refractivity contribution in [3.8, 4) is 5.75 Å². The van der Waals surface area contributed by atoms with Gasteiger partial charge >= 0.3 is 5.97 Å². The maximum atomic E-state index is 13.2. The first-order chi connectivity index (χ1) is 29.3. The van der Waals surface area contributed by atoms with E-state index in [2.05, 4.69) is 16.0 Å². The highest BCUT2D eigenvalue weighted by Crippen LogP contribution is 2.29. The van der Waals surface area contributed by atoms with Crippen LogP contribution in [-0.4, -0.2) is 156 Å². The largest absolute Gasteiger partial charge is 0.462 e. The SMILES string of the molecule is CCCCC(=O)NCC1(OCC(=O)NCCC(=O)NCc2cc(COC(=O)CC)ccc2O[C@@H]2O[C@H](CO)[C@H](O)[C@H](O)[C@H]2O)CN(C(=O)CCC(C)(C)OCCC(C)(C)OC)C1. The summed E-state index contributed by atoms with van der Waals surface area (Å²) < 4.78 is 34.1. The number of esters is 1. The van der Waals surface area contributed by atoms with Crippen LogP contribution in [0.15, 0.2) is 18.2 Å². The van der Waals surface area contributed by atoms with Gasteiger partial charge in [0.25, 0.3) is 0 Å². The van der Waals surface area contributed by atoms with E-state index in [1.807, 2.05) is 34.6 Å². The summed E-state index contributed by atoms with van der Waals surface area (Å²) in [5.41, 5.74) is -0.873. The molecule has 1 aromatic rings. The number of aliphatic hydroxyl groups is 4. The molecule has 0 aliphatic carbocycles. The van der Waals surface area contributed by atoms with Gasteiger partial charge < -0.3 is 69.7 Å². The average molecular weight is 883 g/mol. The molecule has 0 bridgehead atoms. The van der Waals surface area contributed by atoms with Gasteiger partial charge in [0.1, 0.15) is 49.0 Å². The zero-order valence-corrected chi connectivity index (χ0v) is 37.4. The van der Waals surface area contributed by atoms with Gasteiger partial charge in [0.05, 0.1) is 44.1 Å². The van der Waals surface area contributed by atoms with E-state index >= 15 is 0 Å². The molecule has 5 atom stereocenters. The summed E-state index contributed by atoms with van der Waals surface area (Å²) in [6.07, 6.45) is -4.20. The Labute approximate surface area is 364 Å². The van der Waals surface area contributed by atoms with Crippen molar-refractivity contribution in [1.82, 2.24) is 20.9 Å². The first-order valence-corrected chi connectivity index (χ1v) is 21.4. The van der Waals surface area contributed by atoms with E-state index in [0.717, 1.165) is 12.8 Å². The molecular weight excluding hydrogens is 812 g/mol. The minimum absolute atomic E-state index is 0.0402. The van der Waals surface area contributed by atoms with Gasteiger partial charge in [0.15, 0.2) is 0 Å². The maximum Gasteiger partial charge on any atom is 0.305 e. The minimum Gasteiger partial charge on any atom is -0.462 e. The van der Waals surface area contributed by atoms with E-state index in [4.69, 9.17) is 28.4 Å². The summed E-state index contributed by atoms with van der Waals surface area (Å²) in [5.74, 6) is -1.47. The lowest BCUT2D eigenvalue weighted by Crippen LogP contribution is -2.69. The molecule has 19 nitrogen and oxygen atoms in total. The third-order valence-corrected chi connectivity index (χ3v) is 10.9. The molecule has 4 amide bonds. The number of hydrogen-bond acceptors (Lipinski definition) is 15. The molecule has 0 radical (unpaired) electrons. The number of nitrogens with zero attached hydrogens (tertiary/aromatic N) is 1. The Morgan fingerprint density at radius 3 is 2.26 bits per heavy atom. The topological polar surface area (TPSA) is 261 Å². The smallest absolute Gasteiger partial charge is 0.305 e. The summed E-state index contributed by atoms with van der Waals surface area (Å²) in [6.45, 7) is 11.2. The molecule has 19 heteroatoms. The van der Waals surface area contributed by atoms with Gasteiger partial charge in [-0.25, -0.2) is 0 Å². The lowest BCUT2D eigenvalue weighted by atomic mass is 9.92. The predicted octanol–water partition coefficient (Wildman–Crippen LogP) is 0.736. The van der Waals surface area contributed by atoms with E-state index in [9.17, 15) is 44.4 Å². The highest BCUT2D eigenvalue weighted by atomic mass is 16.7. The molecule has 2 aliphatic rings. The fraction of sp³-hybridized carbons (Fsp3) is 0.744. The number of rotatable bonds is 27. The number of hydrogen-bond donors (Lipinski definition) is 7. The van der Waals surface area contributed by atoms with Crippen molar-refractivity contribution in [3.63, 3.8) is 0 Å². The number of aliphatic hydroxyl groups excluding tert-OH is 4. The number of unbranched alkanes of at least 4 members (excludes halogenated alkanes) is 1. The third-order valence-electron chi connectivity index (χ3n) is 10.9. The molecule has 0 unspecified atom stereocenters. The Bertz CT molecular complexity index is 1620. The van der Waals surface area contributed by atoms with Crippen LogP contribution in [0.2, 0.25) is 0 Å². The Balaban J connectivity index is 1.54. The highest BCUT2D eigenvalue weighted by Gasteiger charge is 2.47. The summed E-state index contributed by atoms with van der Waals surface area (Å²) in [6, 6.07) is 4.71. The van der Waals surface area contributed by atoms with Crippen LogP contribution in [0.25, 0.3) is 0 Å². The standard InChI is InChI=1S/C43H70N4O15/c1-8-10-11-32(49)46-25-43(26-47(27-43)35(52)14-16-42(5,6)59-19-17-41(3,4)57-7)60-24-34(51)44-18-15-33(50)45-21-29-20-28(23-58-36(53)9-2)12-13-30(29)61-40-39(56)38(55)37(54)31(22-48)62-40/h12-13,20,31,37-40,48,54-56H,8-11,14-19,21-27H2,1-7H3,(H,44,51)(H,45,50)(H,46,49)/t31-,37+,38+,39-,40-/m1/s1. The molecule has 352 valence electrons. The third kappa shape index (κ3) is 17.0. The lowest BCUT2D eigenvalue weighted by Gasteiger charge is -2.49. The van der Waals surface area contributed by atoms with E-state index in [1.165, 1.54) is 6.07 Å². The predicted molar refractivity (Wildman–Crippen MR) is 223 cm³/mol. The normalized spacial score (nSPS) is 21.1. The lowest BCUT2D eigenvalue weighted by molar-refractivity contribution is -0.277. The van der Waals surface area contributed by atoms with Crippen LogP contribution in [0.1, 0.15) is 104 Å². The number of methoxy groups -OCH3 is 1. The van der Waals surface area contributed by atoms with Gasteiger partial charge in [-0.3, -0.25) is 24.0 Å². The van der Waals surface area contributed by atoms with Gasteiger partial charge in [-0.2, -0.15) is 0 Å². The second kappa shape index (κ2) is 24.8. The molecule has 7 N–H and O–H groups in total. The fourth-order valence-corrected chi connectivity index (χ4v) is 6.48. The van der Waals surface area contributed by atoms with Gasteiger partial charge in [-0.05, 0) is 64.7 Å². The number of benzene rings is 1.